The van der Waals surface area contributed by atoms with Gasteiger partial charge in [0.1, 0.15) is 9.84 Å². The fourth-order valence-corrected chi connectivity index (χ4v) is 2.10. The molecule has 0 radical (unpaired) electrons. The van der Waals surface area contributed by atoms with Gasteiger partial charge in [0.25, 0.3) is 5.91 Å². The zero-order valence-electron chi connectivity index (χ0n) is 10.6. The monoisotopic (exact) mass is 304 g/mol. The van der Waals surface area contributed by atoms with Crippen LogP contribution in [0.4, 0.5) is 10.1 Å². The van der Waals surface area contributed by atoms with Crippen LogP contribution in [-0.4, -0.2) is 37.8 Å². The Balaban J connectivity index is 2.60. The highest BCUT2D eigenvalue weighted by molar-refractivity contribution is 7.90. The topological polar surface area (TPSA) is 106 Å². The molecule has 0 aliphatic carbocycles. The number of nitrogens with zero attached hydrogens (tertiary/aromatic N) is 1. The minimum Gasteiger partial charge on any atom is -0.352 e. The van der Waals surface area contributed by atoms with Crippen molar-refractivity contribution in [3.05, 3.63) is 39.7 Å². The van der Waals surface area contributed by atoms with Crippen LogP contribution in [-0.2, 0) is 9.84 Å². The lowest BCUT2D eigenvalue weighted by Crippen LogP contribution is -2.26. The SMILES string of the molecule is CS(=O)(=O)CCCNC(=O)c1ccc([N+](=O)[O-])c(F)c1. The molecule has 7 nitrogen and oxygen atoms in total. The van der Waals surface area contributed by atoms with E-state index in [9.17, 15) is 27.7 Å². The van der Waals surface area contributed by atoms with Crippen LogP contribution < -0.4 is 5.32 Å². The molecule has 20 heavy (non-hydrogen) atoms. The molecular weight excluding hydrogens is 291 g/mol. The smallest absolute Gasteiger partial charge is 0.304 e. The van der Waals surface area contributed by atoms with Gasteiger partial charge in [0.05, 0.1) is 10.7 Å². The van der Waals surface area contributed by atoms with Crippen molar-refractivity contribution in [2.45, 2.75) is 6.42 Å². The van der Waals surface area contributed by atoms with Crippen LogP contribution in [0.15, 0.2) is 18.2 Å². The van der Waals surface area contributed by atoms with Gasteiger partial charge in [0.2, 0.25) is 5.82 Å². The zero-order chi connectivity index (χ0) is 15.3. The summed E-state index contributed by atoms with van der Waals surface area (Å²) in [6, 6.07) is 2.80. The van der Waals surface area contributed by atoms with Crippen molar-refractivity contribution in [2.75, 3.05) is 18.6 Å². The summed E-state index contributed by atoms with van der Waals surface area (Å²) in [7, 11) is -3.09. The number of sulfone groups is 1. The Morgan fingerprint density at radius 2 is 2.10 bits per heavy atom. The molecule has 0 aliphatic heterocycles. The van der Waals surface area contributed by atoms with E-state index in [0.717, 1.165) is 24.5 Å². The summed E-state index contributed by atoms with van der Waals surface area (Å²) in [6.45, 7) is 0.116. The van der Waals surface area contributed by atoms with Crippen LogP contribution in [0.25, 0.3) is 0 Å². The van der Waals surface area contributed by atoms with Crippen LogP contribution in [0.1, 0.15) is 16.8 Å². The number of nitro benzene ring substituents is 1. The first-order chi connectivity index (χ1) is 9.20. The standard InChI is InChI=1S/C11H13FN2O5S/c1-20(18,19)6-2-5-13-11(15)8-3-4-10(14(16)17)9(12)7-8/h3-4,7H,2,5-6H2,1H3,(H,13,15). The molecule has 0 aliphatic rings. The van der Waals surface area contributed by atoms with Crippen molar-refractivity contribution in [2.24, 2.45) is 0 Å². The number of benzene rings is 1. The Labute approximate surface area is 114 Å². The molecular formula is C11H13FN2O5S. The average molecular weight is 304 g/mol. The van der Waals surface area contributed by atoms with Gasteiger partial charge >= 0.3 is 5.69 Å². The van der Waals surface area contributed by atoms with Gasteiger partial charge in [0, 0.05) is 24.4 Å². The van der Waals surface area contributed by atoms with E-state index in [1.54, 1.807) is 0 Å². The molecule has 0 saturated carbocycles. The number of amides is 1. The first-order valence-electron chi connectivity index (χ1n) is 5.60. The number of halogens is 1. The third kappa shape index (κ3) is 4.92. The van der Waals surface area contributed by atoms with Crippen molar-refractivity contribution in [3.8, 4) is 0 Å². The van der Waals surface area contributed by atoms with Gasteiger partial charge in [-0.2, -0.15) is 4.39 Å². The minimum atomic E-state index is -3.09. The molecule has 1 aromatic rings. The molecule has 1 aromatic carbocycles. The van der Waals surface area contributed by atoms with Gasteiger partial charge in [-0.05, 0) is 18.6 Å². The third-order valence-corrected chi connectivity index (χ3v) is 3.41. The molecule has 0 aromatic heterocycles. The van der Waals surface area contributed by atoms with Crippen molar-refractivity contribution < 1.29 is 22.5 Å². The Morgan fingerprint density at radius 1 is 1.45 bits per heavy atom. The van der Waals surface area contributed by atoms with E-state index in [2.05, 4.69) is 5.32 Å². The van der Waals surface area contributed by atoms with Gasteiger partial charge in [0.15, 0.2) is 0 Å². The van der Waals surface area contributed by atoms with E-state index in [1.807, 2.05) is 0 Å². The molecule has 0 saturated heterocycles. The van der Waals surface area contributed by atoms with Crippen molar-refractivity contribution in [1.29, 1.82) is 0 Å². The highest BCUT2D eigenvalue weighted by Gasteiger charge is 2.16. The molecule has 9 heteroatoms. The highest BCUT2D eigenvalue weighted by Crippen LogP contribution is 2.17. The Morgan fingerprint density at radius 3 is 2.60 bits per heavy atom. The number of nitrogens with one attached hydrogen (secondary N) is 1. The fourth-order valence-electron chi connectivity index (χ4n) is 1.43. The van der Waals surface area contributed by atoms with Crippen LogP contribution >= 0.6 is 0 Å². The molecule has 0 bridgehead atoms. The van der Waals surface area contributed by atoms with Crippen LogP contribution in [0.2, 0.25) is 0 Å². The van der Waals surface area contributed by atoms with Gasteiger partial charge in [-0.15, -0.1) is 0 Å². The Hall–Kier alpha value is -2.03. The number of carbonyl (C=O) groups is 1. The second kappa shape index (κ2) is 6.42. The molecule has 0 atom stereocenters. The molecule has 1 amide bonds. The summed E-state index contributed by atoms with van der Waals surface area (Å²) in [5.41, 5.74) is -0.772. The summed E-state index contributed by atoms with van der Waals surface area (Å²) in [6.07, 6.45) is 1.32. The molecule has 110 valence electrons. The quantitative estimate of drug-likeness (QED) is 0.477. The molecule has 0 unspecified atom stereocenters. The Kier molecular flexibility index (Phi) is 5.14. The van der Waals surface area contributed by atoms with E-state index in [-0.39, 0.29) is 24.3 Å². The highest BCUT2D eigenvalue weighted by atomic mass is 32.2. The van der Waals surface area contributed by atoms with E-state index < -0.39 is 32.2 Å². The van der Waals surface area contributed by atoms with Crippen molar-refractivity contribution >= 4 is 21.4 Å². The van der Waals surface area contributed by atoms with Crippen molar-refractivity contribution in [3.63, 3.8) is 0 Å². The molecule has 0 heterocycles. The van der Waals surface area contributed by atoms with Gasteiger partial charge in [-0.1, -0.05) is 0 Å². The number of hydrogen-bond donors (Lipinski definition) is 1. The van der Waals surface area contributed by atoms with Crippen LogP contribution in [0.5, 0.6) is 0 Å². The summed E-state index contributed by atoms with van der Waals surface area (Å²) >= 11 is 0. The second-order valence-corrected chi connectivity index (χ2v) is 6.42. The molecule has 1 rings (SSSR count). The lowest BCUT2D eigenvalue weighted by atomic mass is 10.2. The van der Waals surface area contributed by atoms with E-state index in [0.29, 0.717) is 0 Å². The lowest BCUT2D eigenvalue weighted by Gasteiger charge is -2.05. The number of hydrogen-bond acceptors (Lipinski definition) is 5. The zero-order valence-corrected chi connectivity index (χ0v) is 11.4. The van der Waals surface area contributed by atoms with E-state index >= 15 is 0 Å². The van der Waals surface area contributed by atoms with E-state index in [4.69, 9.17) is 0 Å². The summed E-state index contributed by atoms with van der Waals surface area (Å²) in [5, 5.41) is 12.8. The summed E-state index contributed by atoms with van der Waals surface area (Å²) in [4.78, 5) is 21.1. The predicted molar refractivity (Wildman–Crippen MR) is 69.7 cm³/mol. The predicted octanol–water partition coefficient (Wildman–Crippen LogP) is 0.898. The van der Waals surface area contributed by atoms with Gasteiger partial charge in [-0.3, -0.25) is 14.9 Å². The summed E-state index contributed by atoms with van der Waals surface area (Å²) < 4.78 is 35.0. The van der Waals surface area contributed by atoms with Crippen LogP contribution in [0.3, 0.4) is 0 Å². The molecule has 0 spiro atoms. The van der Waals surface area contributed by atoms with Crippen molar-refractivity contribution in [1.82, 2.24) is 5.32 Å². The molecule has 0 fully saturated rings. The maximum absolute atomic E-state index is 13.3. The first kappa shape index (κ1) is 16.0. The maximum Gasteiger partial charge on any atom is 0.304 e. The normalized spacial score (nSPS) is 11.1. The average Bonchev–Trinajstić information content (AvgIpc) is 2.32. The third-order valence-electron chi connectivity index (χ3n) is 2.38. The minimum absolute atomic E-state index is 0.0625. The fraction of sp³-hybridized carbons (Fsp3) is 0.364. The van der Waals surface area contributed by atoms with Gasteiger partial charge in [-0.25, -0.2) is 8.42 Å². The molecule has 1 N–H and O–H groups in total. The summed E-state index contributed by atoms with van der Waals surface area (Å²) in [5.74, 6) is -1.78. The second-order valence-electron chi connectivity index (χ2n) is 4.16. The first-order valence-corrected chi connectivity index (χ1v) is 7.66. The number of rotatable bonds is 6. The lowest BCUT2D eigenvalue weighted by molar-refractivity contribution is -0.387. The van der Waals surface area contributed by atoms with E-state index in [1.165, 1.54) is 0 Å². The van der Waals surface area contributed by atoms with Gasteiger partial charge < -0.3 is 5.32 Å². The largest absolute Gasteiger partial charge is 0.352 e. The Bertz CT molecular complexity index is 630. The number of nitro groups is 1. The number of carbonyl (C=O) groups excluding carboxylic acids is 1. The van der Waals surface area contributed by atoms with Crippen LogP contribution in [0, 0.1) is 15.9 Å². The maximum atomic E-state index is 13.3.